The molecule has 8 heteroatoms. The SMILES string of the molecule is CN=C(NCCS(=O)Cc1ccccc1)N(C)Cc1cnn(-c2ccccc2)c1.I. The maximum atomic E-state index is 12.3. The van der Waals surface area contributed by atoms with E-state index in [1.165, 1.54) is 0 Å². The van der Waals surface area contributed by atoms with E-state index in [0.29, 0.717) is 24.6 Å². The van der Waals surface area contributed by atoms with Gasteiger partial charge < -0.3 is 10.2 Å². The molecule has 2 aromatic carbocycles. The van der Waals surface area contributed by atoms with Gasteiger partial charge in [-0.05, 0) is 17.7 Å². The van der Waals surface area contributed by atoms with E-state index in [-0.39, 0.29) is 24.0 Å². The number of benzene rings is 2. The zero-order chi connectivity index (χ0) is 20.5. The molecule has 0 radical (unpaired) electrons. The number of rotatable bonds is 8. The van der Waals surface area contributed by atoms with Gasteiger partial charge in [-0.2, -0.15) is 5.10 Å². The number of para-hydroxylation sites is 1. The quantitative estimate of drug-likeness (QED) is 0.272. The molecule has 1 N–H and O–H groups in total. The van der Waals surface area contributed by atoms with Crippen molar-refractivity contribution in [1.82, 2.24) is 20.0 Å². The first-order valence-electron chi connectivity index (χ1n) is 9.55. The Morgan fingerprint density at radius 1 is 1.10 bits per heavy atom. The second-order valence-electron chi connectivity index (χ2n) is 6.73. The minimum atomic E-state index is -0.908. The highest BCUT2D eigenvalue weighted by atomic mass is 127. The topological polar surface area (TPSA) is 62.5 Å². The molecule has 0 spiro atoms. The average molecular weight is 537 g/mol. The van der Waals surface area contributed by atoms with Crippen LogP contribution in [0.5, 0.6) is 0 Å². The van der Waals surface area contributed by atoms with Gasteiger partial charge in [0, 0.05) is 61.3 Å². The van der Waals surface area contributed by atoms with Crippen LogP contribution in [0.15, 0.2) is 78.0 Å². The molecule has 0 bridgehead atoms. The van der Waals surface area contributed by atoms with Crippen LogP contribution in [0.1, 0.15) is 11.1 Å². The molecular formula is C22H28IN5OS. The second kappa shape index (κ2) is 12.5. The molecule has 0 saturated heterocycles. The number of halogens is 1. The highest BCUT2D eigenvalue weighted by Crippen LogP contribution is 2.09. The van der Waals surface area contributed by atoms with Crippen molar-refractivity contribution in [3.05, 3.63) is 84.2 Å². The van der Waals surface area contributed by atoms with Crippen molar-refractivity contribution in [1.29, 1.82) is 0 Å². The Balaban J connectivity index is 0.00000320. The molecule has 6 nitrogen and oxygen atoms in total. The highest BCUT2D eigenvalue weighted by molar-refractivity contribution is 14.0. The highest BCUT2D eigenvalue weighted by Gasteiger charge is 2.09. The summed E-state index contributed by atoms with van der Waals surface area (Å²) in [7, 11) is 2.83. The largest absolute Gasteiger partial charge is 0.355 e. The molecular weight excluding hydrogens is 509 g/mol. The van der Waals surface area contributed by atoms with Crippen LogP contribution >= 0.6 is 24.0 Å². The maximum Gasteiger partial charge on any atom is 0.193 e. The van der Waals surface area contributed by atoms with Crippen molar-refractivity contribution in [2.75, 3.05) is 26.4 Å². The fourth-order valence-electron chi connectivity index (χ4n) is 3.01. The number of hydrogen-bond donors (Lipinski definition) is 1. The van der Waals surface area contributed by atoms with Gasteiger partial charge in [0.25, 0.3) is 0 Å². The van der Waals surface area contributed by atoms with Gasteiger partial charge in [-0.15, -0.1) is 24.0 Å². The third kappa shape index (κ3) is 7.24. The molecule has 0 amide bonds. The van der Waals surface area contributed by atoms with Crippen molar-refractivity contribution < 1.29 is 4.21 Å². The summed E-state index contributed by atoms with van der Waals surface area (Å²) in [4.78, 5) is 6.37. The minimum absolute atomic E-state index is 0. The Morgan fingerprint density at radius 3 is 2.43 bits per heavy atom. The van der Waals surface area contributed by atoms with Crippen molar-refractivity contribution in [3.8, 4) is 5.69 Å². The van der Waals surface area contributed by atoms with Crippen LogP contribution in [0.4, 0.5) is 0 Å². The normalized spacial score (nSPS) is 12.1. The molecule has 1 heterocycles. The van der Waals surface area contributed by atoms with Crippen LogP contribution in [0, 0.1) is 0 Å². The number of nitrogens with one attached hydrogen (secondary N) is 1. The monoisotopic (exact) mass is 537 g/mol. The fraction of sp³-hybridized carbons (Fsp3) is 0.273. The zero-order valence-electron chi connectivity index (χ0n) is 17.3. The Hall–Kier alpha value is -2.20. The predicted molar refractivity (Wildman–Crippen MR) is 135 cm³/mol. The van der Waals surface area contributed by atoms with E-state index in [1.54, 1.807) is 7.05 Å². The van der Waals surface area contributed by atoms with E-state index < -0.39 is 10.8 Å². The van der Waals surface area contributed by atoms with Gasteiger partial charge in [0.2, 0.25) is 0 Å². The maximum absolute atomic E-state index is 12.3. The number of guanidine groups is 1. The van der Waals surface area contributed by atoms with Gasteiger partial charge >= 0.3 is 0 Å². The molecule has 160 valence electrons. The van der Waals surface area contributed by atoms with E-state index in [1.807, 2.05) is 89.7 Å². The smallest absolute Gasteiger partial charge is 0.193 e. The van der Waals surface area contributed by atoms with Crippen LogP contribution in [-0.4, -0.2) is 51.2 Å². The minimum Gasteiger partial charge on any atom is -0.355 e. The summed E-state index contributed by atoms with van der Waals surface area (Å²) in [5.41, 5.74) is 3.22. The number of aromatic nitrogens is 2. The summed E-state index contributed by atoms with van der Waals surface area (Å²) in [6.45, 7) is 1.29. The zero-order valence-corrected chi connectivity index (χ0v) is 20.4. The van der Waals surface area contributed by atoms with E-state index in [2.05, 4.69) is 15.4 Å². The summed E-state index contributed by atoms with van der Waals surface area (Å²) in [5.74, 6) is 1.93. The third-order valence-electron chi connectivity index (χ3n) is 4.43. The summed E-state index contributed by atoms with van der Waals surface area (Å²) in [6, 6.07) is 20.0. The number of aliphatic imine (C=N–C) groups is 1. The summed E-state index contributed by atoms with van der Waals surface area (Å²) in [6.07, 6.45) is 3.89. The molecule has 3 rings (SSSR count). The molecule has 0 aliphatic carbocycles. The van der Waals surface area contributed by atoms with Crippen molar-refractivity contribution in [2.24, 2.45) is 4.99 Å². The van der Waals surface area contributed by atoms with Crippen LogP contribution in [0.25, 0.3) is 5.69 Å². The number of hydrogen-bond acceptors (Lipinski definition) is 3. The lowest BCUT2D eigenvalue weighted by Gasteiger charge is -2.21. The molecule has 0 saturated carbocycles. The van der Waals surface area contributed by atoms with Crippen molar-refractivity contribution in [3.63, 3.8) is 0 Å². The lowest BCUT2D eigenvalue weighted by molar-refractivity contribution is 0.479. The van der Waals surface area contributed by atoms with Gasteiger partial charge in [-0.3, -0.25) is 9.20 Å². The van der Waals surface area contributed by atoms with Crippen LogP contribution in [0.3, 0.4) is 0 Å². The lowest BCUT2D eigenvalue weighted by atomic mass is 10.2. The molecule has 1 unspecified atom stereocenters. The van der Waals surface area contributed by atoms with Gasteiger partial charge in [0.05, 0.1) is 11.9 Å². The molecule has 0 fully saturated rings. The van der Waals surface area contributed by atoms with E-state index in [4.69, 9.17) is 0 Å². The van der Waals surface area contributed by atoms with Crippen LogP contribution < -0.4 is 5.32 Å². The Labute approximate surface area is 197 Å². The second-order valence-corrected chi connectivity index (χ2v) is 8.31. The lowest BCUT2D eigenvalue weighted by Crippen LogP contribution is -2.40. The van der Waals surface area contributed by atoms with Gasteiger partial charge in [0.1, 0.15) is 0 Å². The molecule has 1 atom stereocenters. The Morgan fingerprint density at radius 2 is 1.77 bits per heavy atom. The summed E-state index contributed by atoms with van der Waals surface area (Å²) >= 11 is 0. The standard InChI is InChI=1S/C22H27N5OS.HI/c1-23-22(24-13-14-29(28)18-19-9-5-3-6-10-19)26(2)16-20-15-25-27(17-20)21-11-7-4-8-12-21;/h3-12,15,17H,13-14,16,18H2,1-2H3,(H,23,24);1H. The van der Waals surface area contributed by atoms with E-state index in [9.17, 15) is 4.21 Å². The molecule has 0 aliphatic heterocycles. The summed E-state index contributed by atoms with van der Waals surface area (Å²) < 4.78 is 14.2. The van der Waals surface area contributed by atoms with Crippen molar-refractivity contribution in [2.45, 2.75) is 12.3 Å². The molecule has 3 aromatic rings. The van der Waals surface area contributed by atoms with Crippen LogP contribution in [0.2, 0.25) is 0 Å². The van der Waals surface area contributed by atoms with Gasteiger partial charge in [-0.1, -0.05) is 48.5 Å². The first kappa shape index (κ1) is 24.1. The van der Waals surface area contributed by atoms with Crippen LogP contribution in [-0.2, 0) is 23.1 Å². The average Bonchev–Trinajstić information content (AvgIpc) is 3.21. The number of nitrogens with zero attached hydrogens (tertiary/aromatic N) is 4. The first-order chi connectivity index (χ1) is 14.2. The molecule has 0 aliphatic rings. The van der Waals surface area contributed by atoms with Crippen molar-refractivity contribution >= 4 is 40.7 Å². The Kier molecular flexibility index (Phi) is 10.0. The molecule has 1 aromatic heterocycles. The first-order valence-corrected chi connectivity index (χ1v) is 11.0. The third-order valence-corrected chi connectivity index (χ3v) is 5.75. The molecule has 30 heavy (non-hydrogen) atoms. The van der Waals surface area contributed by atoms with Gasteiger partial charge in [0.15, 0.2) is 5.96 Å². The fourth-order valence-corrected chi connectivity index (χ4v) is 4.04. The van der Waals surface area contributed by atoms with Gasteiger partial charge in [-0.25, -0.2) is 4.68 Å². The summed E-state index contributed by atoms with van der Waals surface area (Å²) in [5, 5.41) is 7.74. The van der Waals surface area contributed by atoms with E-state index in [0.717, 1.165) is 22.8 Å². The predicted octanol–water partition coefficient (Wildman–Crippen LogP) is 3.45. The van der Waals surface area contributed by atoms with E-state index >= 15 is 0 Å². The Bertz CT molecular complexity index is 946.